The molecule has 1 N–H and O–H groups in total. The monoisotopic (exact) mass is 425 g/mol. The topological polar surface area (TPSA) is 55.4 Å². The second kappa shape index (κ2) is 9.40. The zero-order chi connectivity index (χ0) is 20.1. The van der Waals surface area contributed by atoms with Crippen LogP contribution in [0.25, 0.3) is 6.08 Å². The molecule has 0 aliphatic rings. The minimum absolute atomic E-state index is 0.238. The lowest BCUT2D eigenvalue weighted by molar-refractivity contribution is -0.111. The first-order chi connectivity index (χ1) is 12.7. The van der Waals surface area contributed by atoms with Gasteiger partial charge in [0.05, 0.1) is 11.7 Å². The van der Waals surface area contributed by atoms with Gasteiger partial charge in [-0.3, -0.25) is 4.79 Å². The predicted octanol–water partition coefficient (Wildman–Crippen LogP) is 6.14. The average molecular weight is 426 g/mol. The fraction of sp³-hybridized carbons (Fsp3) is 0.300. The summed E-state index contributed by atoms with van der Waals surface area (Å²) in [6, 6.07) is 5.03. The minimum Gasteiger partial charge on any atom is -0.459 e. The van der Waals surface area contributed by atoms with E-state index in [4.69, 9.17) is 27.9 Å². The molecule has 0 saturated heterocycles. The quantitative estimate of drug-likeness (QED) is 0.446. The number of hydrogen-bond donors (Lipinski definition) is 1. The third-order valence-electron chi connectivity index (χ3n) is 3.72. The number of carbonyl (C=O) groups is 2. The maximum atomic E-state index is 12.5. The first-order valence-corrected chi connectivity index (χ1v) is 10.1. The van der Waals surface area contributed by atoms with Crippen LogP contribution in [0.5, 0.6) is 0 Å². The second-order valence-corrected chi connectivity index (χ2v) is 8.21. The molecule has 0 radical (unpaired) electrons. The van der Waals surface area contributed by atoms with Gasteiger partial charge in [0.1, 0.15) is 5.00 Å². The summed E-state index contributed by atoms with van der Waals surface area (Å²) in [5.74, 6) is -0.783. The van der Waals surface area contributed by atoms with E-state index in [1.165, 1.54) is 17.4 Å². The van der Waals surface area contributed by atoms with E-state index in [0.29, 0.717) is 32.6 Å². The highest BCUT2D eigenvalue weighted by molar-refractivity contribution is 7.16. The first-order valence-electron chi connectivity index (χ1n) is 8.50. The summed E-state index contributed by atoms with van der Waals surface area (Å²) < 4.78 is 5.34. The Kier molecular flexibility index (Phi) is 7.48. The Balaban J connectivity index is 2.24. The van der Waals surface area contributed by atoms with Crippen LogP contribution in [0.15, 0.2) is 24.3 Å². The van der Waals surface area contributed by atoms with Crippen LogP contribution in [-0.4, -0.2) is 18.0 Å². The lowest BCUT2D eigenvalue weighted by Gasteiger charge is -2.10. The fourth-order valence-electron chi connectivity index (χ4n) is 2.54. The Morgan fingerprint density at radius 1 is 1.30 bits per heavy atom. The number of nitrogens with one attached hydrogen (secondary N) is 1. The molecule has 1 heterocycles. The molecule has 0 aliphatic carbocycles. The molecule has 1 aromatic heterocycles. The van der Waals surface area contributed by atoms with Gasteiger partial charge >= 0.3 is 5.97 Å². The van der Waals surface area contributed by atoms with E-state index in [-0.39, 0.29) is 12.0 Å². The predicted molar refractivity (Wildman–Crippen MR) is 113 cm³/mol. The number of halogens is 2. The Labute approximate surface area is 173 Å². The highest BCUT2D eigenvalue weighted by Gasteiger charge is 2.23. The molecule has 7 heteroatoms. The van der Waals surface area contributed by atoms with Gasteiger partial charge in [0, 0.05) is 21.0 Å². The molecule has 144 valence electrons. The molecule has 27 heavy (non-hydrogen) atoms. The normalized spacial score (nSPS) is 11.2. The summed E-state index contributed by atoms with van der Waals surface area (Å²) in [5.41, 5.74) is 2.00. The van der Waals surface area contributed by atoms with Crippen LogP contribution in [0.4, 0.5) is 5.00 Å². The smallest absolute Gasteiger partial charge is 0.341 e. The number of benzene rings is 1. The van der Waals surface area contributed by atoms with Crippen molar-refractivity contribution in [3.8, 4) is 0 Å². The Hall–Kier alpha value is -1.82. The lowest BCUT2D eigenvalue weighted by Crippen LogP contribution is -2.16. The van der Waals surface area contributed by atoms with Gasteiger partial charge in [-0.2, -0.15) is 0 Å². The molecule has 2 aromatic rings. The van der Waals surface area contributed by atoms with E-state index in [2.05, 4.69) is 5.32 Å². The van der Waals surface area contributed by atoms with Crippen molar-refractivity contribution < 1.29 is 14.3 Å². The van der Waals surface area contributed by atoms with Gasteiger partial charge in [-0.05, 0) is 56.5 Å². The Bertz CT molecular complexity index is 888. The van der Waals surface area contributed by atoms with Crippen molar-refractivity contribution in [1.29, 1.82) is 0 Å². The molecule has 0 aliphatic heterocycles. The zero-order valence-electron chi connectivity index (χ0n) is 15.6. The Morgan fingerprint density at radius 2 is 2.00 bits per heavy atom. The molecule has 0 atom stereocenters. The van der Waals surface area contributed by atoms with E-state index >= 15 is 0 Å². The highest BCUT2D eigenvalue weighted by Crippen LogP contribution is 2.34. The average Bonchev–Trinajstić information content (AvgIpc) is 2.88. The highest BCUT2D eigenvalue weighted by atomic mass is 35.5. The van der Waals surface area contributed by atoms with Crippen molar-refractivity contribution in [1.82, 2.24) is 0 Å². The molecule has 0 bridgehead atoms. The van der Waals surface area contributed by atoms with Crippen molar-refractivity contribution >= 4 is 57.5 Å². The zero-order valence-corrected chi connectivity index (χ0v) is 17.9. The fourth-order valence-corrected chi connectivity index (χ4v) is 4.14. The van der Waals surface area contributed by atoms with Crippen LogP contribution < -0.4 is 5.32 Å². The van der Waals surface area contributed by atoms with E-state index < -0.39 is 5.97 Å². The molecular weight excluding hydrogens is 405 g/mol. The molecular formula is C20H21Cl2NO3S. The summed E-state index contributed by atoms with van der Waals surface area (Å²) in [5, 5.41) is 4.25. The van der Waals surface area contributed by atoms with Crippen LogP contribution in [0.3, 0.4) is 0 Å². The number of hydrogen-bond acceptors (Lipinski definition) is 4. The standard InChI is InChI=1S/C20H21Cl2NO3S/c1-5-15-12(4)27-19(18(15)20(25)26-11(2)3)23-17(24)9-7-13-6-8-14(21)10-16(13)22/h6-11H,5H2,1-4H3,(H,23,24)/b9-7+. The molecule has 4 nitrogen and oxygen atoms in total. The molecule has 0 unspecified atom stereocenters. The third-order valence-corrected chi connectivity index (χ3v) is 5.35. The van der Waals surface area contributed by atoms with Gasteiger partial charge in [-0.25, -0.2) is 4.79 Å². The number of rotatable bonds is 6. The van der Waals surface area contributed by atoms with Crippen molar-refractivity contribution in [2.75, 3.05) is 5.32 Å². The van der Waals surface area contributed by atoms with Crippen molar-refractivity contribution in [2.45, 2.75) is 40.2 Å². The first kappa shape index (κ1) is 21.5. The summed E-state index contributed by atoms with van der Waals surface area (Å²) in [6.45, 7) is 7.48. The molecule has 1 aromatic carbocycles. The number of aryl methyl sites for hydroxylation is 1. The maximum Gasteiger partial charge on any atom is 0.341 e. The van der Waals surface area contributed by atoms with E-state index in [1.807, 2.05) is 13.8 Å². The number of amides is 1. The van der Waals surface area contributed by atoms with Crippen LogP contribution in [0.1, 0.15) is 47.1 Å². The summed E-state index contributed by atoms with van der Waals surface area (Å²) >= 11 is 13.3. The van der Waals surface area contributed by atoms with E-state index in [9.17, 15) is 9.59 Å². The van der Waals surface area contributed by atoms with Gasteiger partial charge in [-0.1, -0.05) is 36.2 Å². The molecule has 0 saturated carbocycles. The van der Waals surface area contributed by atoms with Crippen LogP contribution in [0.2, 0.25) is 10.0 Å². The van der Waals surface area contributed by atoms with Gasteiger partial charge in [0.25, 0.3) is 0 Å². The molecule has 2 rings (SSSR count). The third kappa shape index (κ3) is 5.58. The van der Waals surface area contributed by atoms with Crippen molar-refractivity contribution in [3.05, 3.63) is 55.9 Å². The van der Waals surface area contributed by atoms with Gasteiger partial charge in [-0.15, -0.1) is 11.3 Å². The number of ether oxygens (including phenoxy) is 1. The van der Waals surface area contributed by atoms with E-state index in [1.54, 1.807) is 38.1 Å². The lowest BCUT2D eigenvalue weighted by atomic mass is 10.1. The minimum atomic E-state index is -0.425. The van der Waals surface area contributed by atoms with Crippen LogP contribution in [-0.2, 0) is 16.0 Å². The number of esters is 1. The molecule has 0 fully saturated rings. The summed E-state index contributed by atoms with van der Waals surface area (Å²) in [4.78, 5) is 25.8. The van der Waals surface area contributed by atoms with Gasteiger partial charge in [0.2, 0.25) is 5.91 Å². The molecule has 0 spiro atoms. The van der Waals surface area contributed by atoms with Crippen molar-refractivity contribution in [3.63, 3.8) is 0 Å². The van der Waals surface area contributed by atoms with Gasteiger partial charge < -0.3 is 10.1 Å². The molecule has 1 amide bonds. The number of thiophene rings is 1. The summed E-state index contributed by atoms with van der Waals surface area (Å²) in [6.07, 6.45) is 3.41. The SMILES string of the molecule is CCc1c(C)sc(NC(=O)/C=C/c2ccc(Cl)cc2Cl)c1C(=O)OC(C)C. The van der Waals surface area contributed by atoms with Crippen LogP contribution >= 0.6 is 34.5 Å². The largest absolute Gasteiger partial charge is 0.459 e. The van der Waals surface area contributed by atoms with Crippen molar-refractivity contribution in [2.24, 2.45) is 0 Å². The maximum absolute atomic E-state index is 12.5. The Morgan fingerprint density at radius 3 is 2.59 bits per heavy atom. The van der Waals surface area contributed by atoms with Gasteiger partial charge in [0.15, 0.2) is 0 Å². The summed E-state index contributed by atoms with van der Waals surface area (Å²) in [7, 11) is 0. The second-order valence-electron chi connectivity index (χ2n) is 6.14. The van der Waals surface area contributed by atoms with E-state index in [0.717, 1.165) is 10.4 Å². The van der Waals surface area contributed by atoms with Crippen LogP contribution in [0, 0.1) is 6.92 Å². The number of carbonyl (C=O) groups excluding carboxylic acids is 2. The number of anilines is 1.